The number of ether oxygens (including phenoxy) is 4. The van der Waals surface area contributed by atoms with E-state index in [-0.39, 0.29) is 78.1 Å². The molecule has 1 aromatic carbocycles. The van der Waals surface area contributed by atoms with Crippen molar-refractivity contribution in [2.24, 2.45) is 17.3 Å². The first-order chi connectivity index (χ1) is 22.1. The Hall–Kier alpha value is -2.88. The van der Waals surface area contributed by atoms with E-state index in [1.165, 1.54) is 5.57 Å². The molecule has 0 bridgehead atoms. The third-order valence-electron chi connectivity index (χ3n) is 10.0. The summed E-state index contributed by atoms with van der Waals surface area (Å²) in [5.41, 5.74) is 1.85. The third-order valence-corrected chi connectivity index (χ3v) is 10.0. The summed E-state index contributed by atoms with van der Waals surface area (Å²) in [6.45, 7) is 14.2. The van der Waals surface area contributed by atoms with Crippen LogP contribution in [0.5, 0.6) is 0 Å². The molecular formula is C38H55NO8. The minimum Gasteiger partial charge on any atom is -0.460 e. The summed E-state index contributed by atoms with van der Waals surface area (Å²) in [4.78, 5) is 50.0. The number of nitrogens with one attached hydrogen (secondary N) is 1. The van der Waals surface area contributed by atoms with Crippen LogP contribution in [0.1, 0.15) is 105 Å². The third kappa shape index (κ3) is 9.61. The zero-order valence-corrected chi connectivity index (χ0v) is 29.6. The van der Waals surface area contributed by atoms with Gasteiger partial charge in [-0.1, -0.05) is 51.5 Å². The fourth-order valence-corrected chi connectivity index (χ4v) is 6.92. The Morgan fingerprint density at radius 3 is 2.36 bits per heavy atom. The number of carbonyl (C=O) groups excluding carboxylic acids is 4. The number of ketones is 2. The summed E-state index contributed by atoms with van der Waals surface area (Å²) in [7, 11) is 1.68. The van der Waals surface area contributed by atoms with Crippen molar-refractivity contribution in [1.29, 1.82) is 0 Å². The maximum absolute atomic E-state index is 13.0. The molecule has 1 spiro atoms. The first-order valence-electron chi connectivity index (χ1n) is 17.2. The van der Waals surface area contributed by atoms with Gasteiger partial charge in [-0.15, -0.1) is 0 Å². The van der Waals surface area contributed by atoms with Crippen LogP contribution in [0.2, 0.25) is 0 Å². The summed E-state index contributed by atoms with van der Waals surface area (Å²) in [5.74, 6) is -1.02. The predicted molar refractivity (Wildman–Crippen MR) is 180 cm³/mol. The smallest absolute Gasteiger partial charge is 0.306 e. The van der Waals surface area contributed by atoms with Gasteiger partial charge in [-0.25, -0.2) is 0 Å². The minimum absolute atomic E-state index is 0.00584. The van der Waals surface area contributed by atoms with E-state index < -0.39 is 11.3 Å². The zero-order valence-electron chi connectivity index (χ0n) is 29.6. The maximum Gasteiger partial charge on any atom is 0.306 e. The normalized spacial score (nSPS) is 28.7. The molecule has 2 heterocycles. The van der Waals surface area contributed by atoms with Crippen LogP contribution in [0.15, 0.2) is 35.9 Å². The first kappa shape index (κ1) is 36.9. The van der Waals surface area contributed by atoms with Gasteiger partial charge >= 0.3 is 5.97 Å². The second kappa shape index (κ2) is 15.1. The number of methoxy groups -OCH3 is 1. The van der Waals surface area contributed by atoms with Crippen LogP contribution in [-0.4, -0.2) is 66.7 Å². The van der Waals surface area contributed by atoms with Crippen LogP contribution in [0.4, 0.5) is 5.69 Å². The number of allylic oxidation sites excluding steroid dienone is 1. The van der Waals surface area contributed by atoms with Crippen LogP contribution in [0.3, 0.4) is 0 Å². The van der Waals surface area contributed by atoms with E-state index in [4.69, 9.17) is 18.9 Å². The molecule has 2 saturated heterocycles. The number of aryl methyl sites for hydroxylation is 1. The van der Waals surface area contributed by atoms with E-state index in [1.807, 2.05) is 45.0 Å². The summed E-state index contributed by atoms with van der Waals surface area (Å²) < 4.78 is 24.3. The molecule has 3 fully saturated rings. The lowest BCUT2D eigenvalue weighted by Crippen LogP contribution is -2.55. The highest BCUT2D eigenvalue weighted by Crippen LogP contribution is 2.59. The average molecular weight is 654 g/mol. The Kier molecular flexibility index (Phi) is 11.9. The number of carbonyl (C=O) groups is 4. The number of epoxide rings is 2. The highest BCUT2D eigenvalue weighted by atomic mass is 16.6. The van der Waals surface area contributed by atoms with Gasteiger partial charge < -0.3 is 24.3 Å². The van der Waals surface area contributed by atoms with Gasteiger partial charge in [-0.2, -0.15) is 0 Å². The number of esters is 1. The summed E-state index contributed by atoms with van der Waals surface area (Å²) in [6.07, 6.45) is 6.11. The molecule has 1 N–H and O–H groups in total. The molecule has 9 nitrogen and oxygen atoms in total. The van der Waals surface area contributed by atoms with Crippen LogP contribution in [0.25, 0.3) is 0 Å². The zero-order chi connectivity index (χ0) is 34.6. The van der Waals surface area contributed by atoms with E-state index >= 15 is 0 Å². The van der Waals surface area contributed by atoms with Crippen LogP contribution < -0.4 is 5.32 Å². The predicted octanol–water partition coefficient (Wildman–Crippen LogP) is 6.56. The van der Waals surface area contributed by atoms with E-state index in [1.54, 1.807) is 14.0 Å². The van der Waals surface area contributed by atoms with Crippen molar-refractivity contribution >= 4 is 29.1 Å². The molecule has 0 radical (unpaired) electrons. The van der Waals surface area contributed by atoms with Gasteiger partial charge in [-0.3, -0.25) is 19.2 Å². The number of hydrogen-bond donors (Lipinski definition) is 1. The first-order valence-corrected chi connectivity index (χ1v) is 17.2. The molecule has 7 atom stereocenters. The lowest BCUT2D eigenvalue weighted by molar-refractivity contribution is -0.172. The molecule has 1 saturated carbocycles. The molecule has 0 unspecified atom stereocenters. The number of rotatable bonds is 16. The SMILES string of the molecule is CO[C@@H]1[C@H](OC(=O)CCCc2ccc(NC(=O)[C@H](C)CC(=O)CCC(=O)C(C)(C)C)cc2)CC[C@]2(CO2)[C@H]1[C@@]1(C)O[C@@H]1CC=C(C)C. The highest BCUT2D eigenvalue weighted by Gasteiger charge is 2.72. The molecule has 1 aromatic rings. The minimum atomic E-state index is -0.499. The van der Waals surface area contributed by atoms with Crippen molar-refractivity contribution in [3.8, 4) is 0 Å². The number of Topliss-reactive ketones (excluding diaryl/α,β-unsaturated/α-hetero) is 2. The standard InChI is InChI=1S/C38H55NO8/c1-24(2)12-19-31-37(7,47-31)34-33(44-8)29(20-21-38(34)23-45-38)46-32(42)11-9-10-26-13-15-27(16-14-26)39-35(43)25(3)22-28(40)17-18-30(41)36(4,5)6/h12-16,25,29,31,33-34H,9-11,17-23H2,1-8H3,(H,39,43)/t25-,29-,31-,33-,34-,37+,38+/m1/s1. The largest absolute Gasteiger partial charge is 0.460 e. The Bertz CT molecular complexity index is 1320. The molecular weight excluding hydrogens is 598 g/mol. The van der Waals surface area contributed by atoms with Crippen molar-refractivity contribution in [2.75, 3.05) is 19.0 Å². The molecule has 1 aliphatic carbocycles. The van der Waals surface area contributed by atoms with Gasteiger partial charge in [0.25, 0.3) is 0 Å². The molecule has 2 aliphatic heterocycles. The summed E-state index contributed by atoms with van der Waals surface area (Å²) in [5, 5.41) is 2.87. The van der Waals surface area contributed by atoms with Gasteiger partial charge in [0.2, 0.25) is 5.91 Å². The van der Waals surface area contributed by atoms with E-state index in [0.717, 1.165) is 18.4 Å². The molecule has 9 heteroatoms. The van der Waals surface area contributed by atoms with Crippen molar-refractivity contribution in [3.05, 3.63) is 41.5 Å². The lowest BCUT2D eigenvalue weighted by Gasteiger charge is -2.42. The highest BCUT2D eigenvalue weighted by molar-refractivity contribution is 5.96. The topological polar surface area (TPSA) is 124 Å². The van der Waals surface area contributed by atoms with Crippen molar-refractivity contribution in [3.63, 3.8) is 0 Å². The summed E-state index contributed by atoms with van der Waals surface area (Å²) >= 11 is 0. The summed E-state index contributed by atoms with van der Waals surface area (Å²) in [6, 6.07) is 7.51. The van der Waals surface area contributed by atoms with Crippen LogP contribution in [0, 0.1) is 17.3 Å². The monoisotopic (exact) mass is 653 g/mol. The number of hydrogen-bond acceptors (Lipinski definition) is 8. The Morgan fingerprint density at radius 2 is 1.77 bits per heavy atom. The van der Waals surface area contributed by atoms with E-state index in [0.29, 0.717) is 38.0 Å². The fraction of sp³-hybridized carbons (Fsp3) is 0.684. The van der Waals surface area contributed by atoms with Crippen molar-refractivity contribution in [1.82, 2.24) is 0 Å². The number of benzene rings is 1. The molecule has 47 heavy (non-hydrogen) atoms. The number of amides is 1. The van der Waals surface area contributed by atoms with E-state index in [9.17, 15) is 19.2 Å². The van der Waals surface area contributed by atoms with Gasteiger partial charge in [0.05, 0.1) is 18.6 Å². The molecule has 260 valence electrons. The average Bonchev–Trinajstić information content (AvgIpc) is 3.92. The van der Waals surface area contributed by atoms with Crippen LogP contribution >= 0.6 is 0 Å². The Balaban J connectivity index is 1.20. The molecule has 1 amide bonds. The van der Waals surface area contributed by atoms with Gasteiger partial charge in [0.1, 0.15) is 35.0 Å². The Morgan fingerprint density at radius 1 is 1.09 bits per heavy atom. The van der Waals surface area contributed by atoms with Gasteiger partial charge in [0, 0.05) is 49.8 Å². The van der Waals surface area contributed by atoms with Gasteiger partial charge in [-0.05, 0) is 70.6 Å². The van der Waals surface area contributed by atoms with Gasteiger partial charge in [0.15, 0.2) is 0 Å². The molecule has 0 aromatic heterocycles. The number of anilines is 1. The second-order valence-corrected chi connectivity index (χ2v) is 15.3. The van der Waals surface area contributed by atoms with Crippen LogP contribution in [-0.2, 0) is 44.5 Å². The Labute approximate surface area is 280 Å². The molecule has 3 aliphatic rings. The lowest BCUT2D eigenvalue weighted by atomic mass is 9.68. The van der Waals surface area contributed by atoms with E-state index in [2.05, 4.69) is 32.2 Å². The second-order valence-electron chi connectivity index (χ2n) is 15.3. The molecule has 4 rings (SSSR count). The van der Waals surface area contributed by atoms with Crippen molar-refractivity contribution < 1.29 is 38.1 Å². The quantitative estimate of drug-likeness (QED) is 0.121. The van der Waals surface area contributed by atoms with Crippen molar-refractivity contribution in [2.45, 2.75) is 136 Å². The maximum atomic E-state index is 13.0. The fourth-order valence-electron chi connectivity index (χ4n) is 6.92.